The van der Waals surface area contributed by atoms with Crippen LogP contribution < -0.4 is 14.4 Å². The van der Waals surface area contributed by atoms with Gasteiger partial charge in [-0.3, -0.25) is 13.9 Å². The van der Waals surface area contributed by atoms with Crippen LogP contribution in [0.1, 0.15) is 37.5 Å². The zero-order valence-corrected chi connectivity index (χ0v) is 29.4. The molecule has 1 atom stereocenters. The molecule has 1 N–H and O–H groups in total. The molecule has 0 aromatic heterocycles. The van der Waals surface area contributed by atoms with Gasteiger partial charge < -0.3 is 15.0 Å². The van der Waals surface area contributed by atoms with Crippen molar-refractivity contribution in [2.45, 2.75) is 57.1 Å². The first kappa shape index (κ1) is 35.8. The molecule has 11 heteroatoms. The first-order valence-electron chi connectivity index (χ1n) is 15.0. The molecule has 0 fully saturated rings. The van der Waals surface area contributed by atoms with E-state index >= 15 is 0 Å². The van der Waals surface area contributed by atoms with E-state index in [2.05, 4.69) is 5.32 Å². The summed E-state index contributed by atoms with van der Waals surface area (Å²) in [6.07, 6.45) is 0.179. The molecular formula is C36H39Cl2N3O5S. The number of rotatable bonds is 12. The number of benzene rings is 4. The number of hydrogen-bond acceptors (Lipinski definition) is 5. The molecule has 0 spiro atoms. The van der Waals surface area contributed by atoms with Gasteiger partial charge in [0, 0.05) is 23.5 Å². The van der Waals surface area contributed by atoms with Crippen LogP contribution in [-0.4, -0.2) is 50.4 Å². The largest absolute Gasteiger partial charge is 0.495 e. The first-order valence-corrected chi connectivity index (χ1v) is 17.2. The summed E-state index contributed by atoms with van der Waals surface area (Å²) in [5, 5.41) is 3.59. The van der Waals surface area contributed by atoms with E-state index in [1.165, 1.54) is 42.3 Å². The second-order valence-corrected chi connectivity index (χ2v) is 14.9. The van der Waals surface area contributed by atoms with E-state index in [9.17, 15) is 18.0 Å². The van der Waals surface area contributed by atoms with Crippen LogP contribution in [-0.2, 0) is 32.6 Å². The van der Waals surface area contributed by atoms with E-state index in [-0.39, 0.29) is 34.5 Å². The lowest BCUT2D eigenvalue weighted by molar-refractivity contribution is -0.140. The highest BCUT2D eigenvalue weighted by Crippen LogP contribution is 2.32. The Hall–Kier alpha value is -4.05. The number of hydrogen-bond donors (Lipinski definition) is 1. The van der Waals surface area contributed by atoms with Crippen LogP contribution >= 0.6 is 23.2 Å². The Morgan fingerprint density at radius 2 is 1.51 bits per heavy atom. The Morgan fingerprint density at radius 3 is 2.11 bits per heavy atom. The summed E-state index contributed by atoms with van der Waals surface area (Å²) in [6.45, 7) is 6.74. The van der Waals surface area contributed by atoms with Gasteiger partial charge in [0.05, 0.1) is 22.7 Å². The number of halogens is 2. The van der Waals surface area contributed by atoms with Gasteiger partial charge in [-0.2, -0.15) is 0 Å². The van der Waals surface area contributed by atoms with Gasteiger partial charge in [0.2, 0.25) is 11.8 Å². The Kier molecular flexibility index (Phi) is 11.6. The maximum atomic E-state index is 14.6. The second-order valence-electron chi connectivity index (χ2n) is 12.2. The summed E-state index contributed by atoms with van der Waals surface area (Å²) in [5.74, 6) is -0.656. The number of carbonyl (C=O) groups excluding carboxylic acids is 2. The number of nitrogens with one attached hydrogen (secondary N) is 1. The van der Waals surface area contributed by atoms with Gasteiger partial charge in [-0.25, -0.2) is 8.42 Å². The van der Waals surface area contributed by atoms with Gasteiger partial charge in [0.25, 0.3) is 10.0 Å². The van der Waals surface area contributed by atoms with Gasteiger partial charge >= 0.3 is 0 Å². The Morgan fingerprint density at radius 1 is 0.872 bits per heavy atom. The fraction of sp³-hybridized carbons (Fsp3) is 0.278. The molecule has 4 rings (SSSR count). The van der Waals surface area contributed by atoms with E-state index in [1.807, 2.05) is 58.0 Å². The third-order valence-corrected chi connectivity index (χ3v) is 9.83. The first-order chi connectivity index (χ1) is 22.2. The molecule has 0 aliphatic heterocycles. The van der Waals surface area contributed by atoms with Crippen molar-refractivity contribution in [3.05, 3.63) is 124 Å². The number of sulfonamides is 1. The average molecular weight is 697 g/mol. The van der Waals surface area contributed by atoms with Crippen molar-refractivity contribution in [3.63, 3.8) is 0 Å². The third-order valence-electron chi connectivity index (χ3n) is 7.38. The molecule has 0 heterocycles. The molecule has 4 aromatic carbocycles. The highest BCUT2D eigenvalue weighted by Gasteiger charge is 2.36. The molecule has 0 aliphatic carbocycles. The molecule has 2 amide bonds. The van der Waals surface area contributed by atoms with Gasteiger partial charge in [-0.1, -0.05) is 89.4 Å². The minimum atomic E-state index is -4.29. The van der Waals surface area contributed by atoms with Gasteiger partial charge in [-0.15, -0.1) is 0 Å². The van der Waals surface area contributed by atoms with E-state index < -0.39 is 34.1 Å². The number of ether oxygens (including phenoxy) is 1. The van der Waals surface area contributed by atoms with Gasteiger partial charge in [0.15, 0.2) is 0 Å². The number of anilines is 1. The highest BCUT2D eigenvalue weighted by molar-refractivity contribution is 7.92. The van der Waals surface area contributed by atoms with E-state index in [0.29, 0.717) is 16.3 Å². The topological polar surface area (TPSA) is 96.0 Å². The normalized spacial score (nSPS) is 12.2. The maximum Gasteiger partial charge on any atom is 0.264 e. The number of nitrogens with zero attached hydrogens (tertiary/aromatic N) is 2. The Labute approximate surface area is 287 Å². The second kappa shape index (κ2) is 15.2. The Balaban J connectivity index is 1.85. The van der Waals surface area contributed by atoms with Crippen LogP contribution in [0.4, 0.5) is 5.69 Å². The molecule has 0 saturated carbocycles. The molecule has 4 aromatic rings. The van der Waals surface area contributed by atoms with Crippen molar-refractivity contribution in [2.24, 2.45) is 0 Å². The van der Waals surface area contributed by atoms with Crippen molar-refractivity contribution < 1.29 is 22.7 Å². The number of carbonyl (C=O) groups is 2. The molecule has 8 nitrogen and oxygen atoms in total. The van der Waals surface area contributed by atoms with Crippen molar-refractivity contribution >= 4 is 50.7 Å². The number of methoxy groups -OCH3 is 1. The summed E-state index contributed by atoms with van der Waals surface area (Å²) in [6, 6.07) is 26.2. The minimum Gasteiger partial charge on any atom is -0.495 e. The lowest BCUT2D eigenvalue weighted by atomic mass is 10.0. The predicted molar refractivity (Wildman–Crippen MR) is 188 cm³/mol. The standard InChI is InChI=1S/C36H39Cl2N3O5S/c1-25-15-18-29(19-16-25)47(44,45)41(28-17-20-33(46-5)31(38)22-28)24-34(42)40(23-27-13-9-10-14-30(27)37)32(35(43)39-36(2,3)4)21-26-11-7-6-8-12-26/h6-20,22,32H,21,23-24H2,1-5H3,(H,39,43)/t32-/m0/s1. The SMILES string of the molecule is COc1ccc(N(CC(=O)N(Cc2ccccc2Cl)[C@@H](Cc2ccccc2)C(=O)NC(C)(C)C)S(=O)(=O)c2ccc(C)cc2)cc1Cl. The average Bonchev–Trinajstić information content (AvgIpc) is 3.02. The minimum absolute atomic E-state index is 0.00759. The molecule has 0 aliphatic rings. The van der Waals surface area contributed by atoms with Crippen LogP contribution in [0.5, 0.6) is 5.75 Å². The van der Waals surface area contributed by atoms with Crippen LogP contribution in [0, 0.1) is 6.92 Å². The smallest absolute Gasteiger partial charge is 0.264 e. The lowest BCUT2D eigenvalue weighted by Gasteiger charge is -2.35. The van der Waals surface area contributed by atoms with E-state index in [1.54, 1.807) is 36.4 Å². The summed E-state index contributed by atoms with van der Waals surface area (Å²) in [4.78, 5) is 30.0. The van der Waals surface area contributed by atoms with Gasteiger partial charge in [0.1, 0.15) is 18.3 Å². The van der Waals surface area contributed by atoms with Crippen LogP contribution in [0.15, 0.2) is 102 Å². The lowest BCUT2D eigenvalue weighted by Crippen LogP contribution is -2.56. The van der Waals surface area contributed by atoms with Crippen LogP contribution in [0.25, 0.3) is 0 Å². The molecular weight excluding hydrogens is 657 g/mol. The summed E-state index contributed by atoms with van der Waals surface area (Å²) >= 11 is 13.0. The van der Waals surface area contributed by atoms with Crippen molar-refractivity contribution in [3.8, 4) is 5.75 Å². The molecule has 0 radical (unpaired) electrons. The zero-order chi connectivity index (χ0) is 34.4. The fourth-order valence-electron chi connectivity index (χ4n) is 4.99. The third kappa shape index (κ3) is 9.28. The predicted octanol–water partition coefficient (Wildman–Crippen LogP) is 7.06. The monoisotopic (exact) mass is 695 g/mol. The molecule has 47 heavy (non-hydrogen) atoms. The summed E-state index contributed by atoms with van der Waals surface area (Å²) in [5.41, 5.74) is 1.85. The van der Waals surface area contributed by atoms with E-state index in [4.69, 9.17) is 27.9 Å². The van der Waals surface area contributed by atoms with Gasteiger partial charge in [-0.05, 0) is 75.2 Å². The highest BCUT2D eigenvalue weighted by atomic mass is 35.5. The number of aryl methyl sites for hydroxylation is 1. The van der Waals surface area contributed by atoms with E-state index in [0.717, 1.165) is 15.4 Å². The zero-order valence-electron chi connectivity index (χ0n) is 27.0. The fourth-order valence-corrected chi connectivity index (χ4v) is 6.85. The van der Waals surface area contributed by atoms with Crippen molar-refractivity contribution in [1.29, 1.82) is 0 Å². The van der Waals surface area contributed by atoms with Crippen molar-refractivity contribution in [2.75, 3.05) is 18.0 Å². The molecule has 0 saturated heterocycles. The van der Waals surface area contributed by atoms with Crippen molar-refractivity contribution in [1.82, 2.24) is 10.2 Å². The Bertz CT molecular complexity index is 1810. The van der Waals surface area contributed by atoms with Crippen LogP contribution in [0.3, 0.4) is 0 Å². The summed E-state index contributed by atoms with van der Waals surface area (Å²) in [7, 11) is -2.84. The maximum absolute atomic E-state index is 14.6. The quantitative estimate of drug-likeness (QED) is 0.171. The summed E-state index contributed by atoms with van der Waals surface area (Å²) < 4.78 is 34.8. The molecule has 248 valence electrons. The van der Waals surface area contributed by atoms with Crippen LogP contribution in [0.2, 0.25) is 10.0 Å². The molecule has 0 unspecified atom stereocenters. The molecule has 0 bridgehead atoms. The number of amides is 2.